The van der Waals surface area contributed by atoms with Crippen molar-refractivity contribution in [2.24, 2.45) is 0 Å². The summed E-state index contributed by atoms with van der Waals surface area (Å²) in [6.45, 7) is 0.0000903. The third kappa shape index (κ3) is 3.76. The molecular formula is C14H15F3N2O5S. The van der Waals surface area contributed by atoms with Crippen molar-refractivity contribution in [3.8, 4) is 0 Å². The van der Waals surface area contributed by atoms with Crippen molar-refractivity contribution in [2.75, 3.05) is 19.6 Å². The second kappa shape index (κ2) is 6.64. The fourth-order valence-corrected chi connectivity index (χ4v) is 4.28. The number of hydrogen-bond donors (Lipinski definition) is 1. The number of halogens is 3. The van der Waals surface area contributed by atoms with Gasteiger partial charge in [-0.2, -0.15) is 17.5 Å². The highest BCUT2D eigenvalue weighted by Crippen LogP contribution is 2.35. The molecule has 138 valence electrons. The molecule has 7 nitrogen and oxygen atoms in total. The molecule has 1 heterocycles. The lowest BCUT2D eigenvalue weighted by Crippen LogP contribution is -2.58. The lowest BCUT2D eigenvalue weighted by atomic mass is 10.2. The van der Waals surface area contributed by atoms with Gasteiger partial charge in [0.2, 0.25) is 15.9 Å². The van der Waals surface area contributed by atoms with Crippen molar-refractivity contribution >= 4 is 21.9 Å². The van der Waals surface area contributed by atoms with Crippen molar-refractivity contribution in [3.63, 3.8) is 0 Å². The van der Waals surface area contributed by atoms with Gasteiger partial charge in [0, 0.05) is 26.6 Å². The molecule has 11 heteroatoms. The molecular weight excluding hydrogens is 365 g/mol. The van der Waals surface area contributed by atoms with Crippen LogP contribution >= 0.6 is 0 Å². The quantitative estimate of drug-likeness (QED) is 0.845. The van der Waals surface area contributed by atoms with Gasteiger partial charge in [-0.1, -0.05) is 12.1 Å². The van der Waals surface area contributed by atoms with Gasteiger partial charge in [0.15, 0.2) is 0 Å². The molecule has 0 radical (unpaired) electrons. The van der Waals surface area contributed by atoms with Gasteiger partial charge < -0.3 is 10.0 Å². The SMILES string of the molecule is CC(=O)N1CCN(S(=O)(=O)c2ccccc2C(F)(F)F)C[C@@H]1C(=O)O. The highest BCUT2D eigenvalue weighted by molar-refractivity contribution is 7.89. The Hall–Kier alpha value is -2.14. The lowest BCUT2D eigenvalue weighted by Gasteiger charge is -2.38. The molecule has 0 bridgehead atoms. The summed E-state index contributed by atoms with van der Waals surface area (Å²) in [5.41, 5.74) is -1.32. The molecule has 0 unspecified atom stereocenters. The van der Waals surface area contributed by atoms with E-state index in [-0.39, 0.29) is 13.1 Å². The average molecular weight is 380 g/mol. The summed E-state index contributed by atoms with van der Waals surface area (Å²) in [7, 11) is -4.58. The minimum Gasteiger partial charge on any atom is -0.480 e. The van der Waals surface area contributed by atoms with Crippen LogP contribution in [0.15, 0.2) is 29.2 Å². The number of carbonyl (C=O) groups excluding carboxylic acids is 1. The topological polar surface area (TPSA) is 95.0 Å². The third-order valence-electron chi connectivity index (χ3n) is 3.84. The number of piperazine rings is 1. The summed E-state index contributed by atoms with van der Waals surface area (Å²) in [4.78, 5) is 22.8. The number of alkyl halides is 3. The van der Waals surface area contributed by atoms with Crippen LogP contribution in [0, 0.1) is 0 Å². The van der Waals surface area contributed by atoms with E-state index in [1.807, 2.05) is 0 Å². The largest absolute Gasteiger partial charge is 0.480 e. The average Bonchev–Trinajstić information content (AvgIpc) is 2.53. The maximum Gasteiger partial charge on any atom is 0.417 e. The van der Waals surface area contributed by atoms with Crippen LogP contribution in [0.4, 0.5) is 13.2 Å². The van der Waals surface area contributed by atoms with E-state index in [4.69, 9.17) is 0 Å². The highest BCUT2D eigenvalue weighted by atomic mass is 32.2. The fourth-order valence-electron chi connectivity index (χ4n) is 2.63. The Bertz CT molecular complexity index is 794. The van der Waals surface area contributed by atoms with Crippen LogP contribution in [0.1, 0.15) is 12.5 Å². The number of amides is 1. The van der Waals surface area contributed by atoms with Crippen molar-refractivity contribution < 1.29 is 36.3 Å². The molecule has 1 saturated heterocycles. The van der Waals surface area contributed by atoms with Crippen LogP contribution in [0.3, 0.4) is 0 Å². The van der Waals surface area contributed by atoms with E-state index in [9.17, 15) is 36.3 Å². The third-order valence-corrected chi connectivity index (χ3v) is 5.77. The first-order valence-electron chi connectivity index (χ1n) is 7.12. The Kier molecular flexibility index (Phi) is 5.09. The molecule has 25 heavy (non-hydrogen) atoms. The van der Waals surface area contributed by atoms with E-state index >= 15 is 0 Å². The van der Waals surface area contributed by atoms with Gasteiger partial charge in [-0.15, -0.1) is 0 Å². The molecule has 1 atom stereocenters. The van der Waals surface area contributed by atoms with Gasteiger partial charge >= 0.3 is 12.1 Å². The maximum absolute atomic E-state index is 13.1. The second-order valence-electron chi connectivity index (χ2n) is 5.42. The van der Waals surface area contributed by atoms with Crippen LogP contribution in [0.25, 0.3) is 0 Å². The predicted molar refractivity (Wildman–Crippen MR) is 79.0 cm³/mol. The van der Waals surface area contributed by atoms with Crippen LogP contribution in [0.2, 0.25) is 0 Å². The first-order valence-corrected chi connectivity index (χ1v) is 8.56. The standard InChI is InChI=1S/C14H15F3N2O5S/c1-9(20)19-7-6-18(8-11(19)13(21)22)25(23,24)12-5-3-2-4-10(12)14(15,16)17/h2-5,11H,6-8H2,1H3,(H,21,22)/t11-/m1/s1. The Labute approximate surface area is 141 Å². The van der Waals surface area contributed by atoms with Gasteiger partial charge in [-0.25, -0.2) is 13.2 Å². The minimum absolute atomic E-state index is 0.223. The van der Waals surface area contributed by atoms with Crippen molar-refractivity contribution in [1.29, 1.82) is 0 Å². The van der Waals surface area contributed by atoms with Gasteiger partial charge in [-0.3, -0.25) is 4.79 Å². The Morgan fingerprint density at radius 2 is 1.80 bits per heavy atom. The summed E-state index contributed by atoms with van der Waals surface area (Å²) in [5.74, 6) is -1.99. The zero-order valence-corrected chi connectivity index (χ0v) is 13.8. The number of sulfonamides is 1. The van der Waals surface area contributed by atoms with Gasteiger partial charge in [0.25, 0.3) is 0 Å². The Morgan fingerprint density at radius 1 is 1.20 bits per heavy atom. The zero-order chi connectivity index (χ0) is 19.0. The summed E-state index contributed by atoms with van der Waals surface area (Å²) >= 11 is 0. The van der Waals surface area contributed by atoms with Gasteiger partial charge in [0.05, 0.1) is 10.5 Å². The number of carbonyl (C=O) groups is 2. The molecule has 0 aromatic heterocycles. The van der Waals surface area contributed by atoms with E-state index in [0.717, 1.165) is 30.0 Å². The van der Waals surface area contributed by atoms with Crippen molar-refractivity contribution in [1.82, 2.24) is 9.21 Å². The molecule has 1 amide bonds. The molecule has 2 rings (SSSR count). The van der Waals surface area contributed by atoms with E-state index in [2.05, 4.69) is 0 Å². The maximum atomic E-state index is 13.1. The van der Waals surface area contributed by atoms with E-state index < -0.39 is 51.1 Å². The number of carboxylic acids is 1. The molecule has 1 aliphatic heterocycles. The highest BCUT2D eigenvalue weighted by Gasteiger charge is 2.42. The van der Waals surface area contributed by atoms with Crippen LogP contribution < -0.4 is 0 Å². The first-order chi connectivity index (χ1) is 11.5. The van der Waals surface area contributed by atoms with Gasteiger partial charge in [-0.05, 0) is 12.1 Å². The molecule has 1 fully saturated rings. The van der Waals surface area contributed by atoms with E-state index in [0.29, 0.717) is 10.4 Å². The molecule has 0 saturated carbocycles. The van der Waals surface area contributed by atoms with Crippen molar-refractivity contribution in [3.05, 3.63) is 29.8 Å². The fraction of sp³-hybridized carbons (Fsp3) is 0.429. The molecule has 0 spiro atoms. The van der Waals surface area contributed by atoms with E-state index in [1.165, 1.54) is 0 Å². The first kappa shape index (κ1) is 19.2. The monoisotopic (exact) mass is 380 g/mol. The predicted octanol–water partition coefficient (Wildman–Crippen LogP) is 1.01. The molecule has 1 aromatic rings. The molecule has 1 N–H and O–H groups in total. The lowest BCUT2D eigenvalue weighted by molar-refractivity contribution is -0.151. The number of carboxylic acid groups (broad SMARTS) is 1. The summed E-state index contributed by atoms with van der Waals surface area (Å²) in [6.07, 6.45) is -4.88. The number of rotatable bonds is 3. The minimum atomic E-state index is -4.88. The second-order valence-corrected chi connectivity index (χ2v) is 7.33. The Morgan fingerprint density at radius 3 is 2.32 bits per heavy atom. The Balaban J connectivity index is 2.42. The van der Waals surface area contributed by atoms with Crippen LogP contribution in [-0.4, -0.2) is 60.3 Å². The normalized spacial score (nSPS) is 19.7. The molecule has 1 aliphatic rings. The molecule has 1 aromatic carbocycles. The number of benzene rings is 1. The van der Waals surface area contributed by atoms with Crippen molar-refractivity contribution in [2.45, 2.75) is 24.0 Å². The van der Waals surface area contributed by atoms with Crippen LogP contribution in [0.5, 0.6) is 0 Å². The summed E-state index contributed by atoms with van der Waals surface area (Å²) < 4.78 is 65.2. The van der Waals surface area contributed by atoms with Crippen LogP contribution in [-0.2, 0) is 25.8 Å². The number of hydrogen-bond acceptors (Lipinski definition) is 4. The van der Waals surface area contributed by atoms with E-state index in [1.54, 1.807) is 0 Å². The zero-order valence-electron chi connectivity index (χ0n) is 13.0. The summed E-state index contributed by atoms with van der Waals surface area (Å²) in [5, 5.41) is 9.20. The number of aliphatic carboxylic acids is 1. The van der Waals surface area contributed by atoms with Gasteiger partial charge in [0.1, 0.15) is 6.04 Å². The number of nitrogens with zero attached hydrogens (tertiary/aromatic N) is 2. The molecule has 0 aliphatic carbocycles. The smallest absolute Gasteiger partial charge is 0.417 e. The summed E-state index contributed by atoms with van der Waals surface area (Å²) in [6, 6.07) is 2.23.